The van der Waals surface area contributed by atoms with Crippen LogP contribution in [0.2, 0.25) is 0 Å². The molecule has 0 saturated heterocycles. The van der Waals surface area contributed by atoms with E-state index in [1.54, 1.807) is 6.07 Å². The Labute approximate surface area is 131 Å². The van der Waals surface area contributed by atoms with Crippen molar-refractivity contribution in [3.63, 3.8) is 0 Å². The Morgan fingerprint density at radius 3 is 2.43 bits per heavy atom. The van der Waals surface area contributed by atoms with Gasteiger partial charge >= 0.3 is 0 Å². The number of amides is 1. The molecular formula is C17H13F2N3O. The van der Waals surface area contributed by atoms with Gasteiger partial charge in [0.05, 0.1) is 5.69 Å². The normalized spacial score (nSPS) is 10.5. The number of aromatic amines is 1. The highest BCUT2D eigenvalue weighted by molar-refractivity contribution is 5.93. The number of carbonyl (C=O) groups is 1. The molecule has 2 N–H and O–H groups in total. The van der Waals surface area contributed by atoms with E-state index in [-0.39, 0.29) is 17.8 Å². The first-order chi connectivity index (χ1) is 11.1. The molecule has 0 aliphatic rings. The molecule has 3 aromatic rings. The van der Waals surface area contributed by atoms with Crippen molar-refractivity contribution in [2.24, 2.45) is 0 Å². The van der Waals surface area contributed by atoms with Crippen molar-refractivity contribution in [2.45, 2.75) is 6.54 Å². The molecule has 4 nitrogen and oxygen atoms in total. The molecule has 0 radical (unpaired) electrons. The molecule has 1 aromatic heterocycles. The average molecular weight is 313 g/mol. The van der Waals surface area contributed by atoms with Crippen molar-refractivity contribution in [3.05, 3.63) is 77.5 Å². The second-order valence-corrected chi connectivity index (χ2v) is 4.92. The summed E-state index contributed by atoms with van der Waals surface area (Å²) in [5.41, 5.74) is 1.53. The third-order valence-corrected chi connectivity index (χ3v) is 3.38. The van der Waals surface area contributed by atoms with E-state index in [4.69, 9.17) is 0 Å². The fraction of sp³-hybridized carbons (Fsp3) is 0.0588. The van der Waals surface area contributed by atoms with Gasteiger partial charge in [0, 0.05) is 17.7 Å². The summed E-state index contributed by atoms with van der Waals surface area (Å²) < 4.78 is 27.0. The fourth-order valence-corrected chi connectivity index (χ4v) is 2.16. The summed E-state index contributed by atoms with van der Waals surface area (Å²) in [6, 6.07) is 14.5. The first-order valence-electron chi connectivity index (χ1n) is 6.97. The number of hydrogen-bond donors (Lipinski definition) is 2. The van der Waals surface area contributed by atoms with Crippen molar-refractivity contribution in [1.29, 1.82) is 0 Å². The highest BCUT2D eigenvalue weighted by atomic mass is 19.1. The van der Waals surface area contributed by atoms with Crippen molar-refractivity contribution in [3.8, 4) is 11.3 Å². The van der Waals surface area contributed by atoms with Crippen LogP contribution in [0.4, 0.5) is 8.78 Å². The Morgan fingerprint density at radius 2 is 1.74 bits per heavy atom. The van der Waals surface area contributed by atoms with Gasteiger partial charge < -0.3 is 5.32 Å². The van der Waals surface area contributed by atoms with E-state index in [9.17, 15) is 13.6 Å². The molecule has 116 valence electrons. The van der Waals surface area contributed by atoms with Crippen LogP contribution in [0.5, 0.6) is 0 Å². The number of nitrogens with zero attached hydrogens (tertiary/aromatic N) is 1. The Kier molecular flexibility index (Phi) is 4.14. The Hall–Kier alpha value is -3.02. The molecule has 0 atom stereocenters. The van der Waals surface area contributed by atoms with Crippen molar-refractivity contribution < 1.29 is 13.6 Å². The number of H-pyrrole nitrogens is 1. The quantitative estimate of drug-likeness (QED) is 0.776. The van der Waals surface area contributed by atoms with E-state index in [1.807, 2.05) is 30.3 Å². The van der Waals surface area contributed by atoms with Crippen molar-refractivity contribution >= 4 is 5.91 Å². The van der Waals surface area contributed by atoms with Crippen LogP contribution in [0.3, 0.4) is 0 Å². The van der Waals surface area contributed by atoms with Gasteiger partial charge in [0.15, 0.2) is 0 Å². The molecule has 1 heterocycles. The molecule has 2 aromatic carbocycles. The van der Waals surface area contributed by atoms with E-state index >= 15 is 0 Å². The van der Waals surface area contributed by atoms with Crippen molar-refractivity contribution in [1.82, 2.24) is 15.5 Å². The molecule has 0 fully saturated rings. The van der Waals surface area contributed by atoms with Gasteiger partial charge in [-0.3, -0.25) is 9.89 Å². The lowest BCUT2D eigenvalue weighted by atomic mass is 10.1. The van der Waals surface area contributed by atoms with Gasteiger partial charge in [-0.15, -0.1) is 0 Å². The lowest BCUT2D eigenvalue weighted by Gasteiger charge is -2.06. The molecule has 0 unspecified atom stereocenters. The SMILES string of the molecule is O=C(NCc1c(F)cccc1F)c1cc(-c2ccccc2)n[nH]1. The second kappa shape index (κ2) is 6.39. The molecule has 0 aliphatic carbocycles. The maximum atomic E-state index is 13.5. The van der Waals surface area contributed by atoms with Gasteiger partial charge in [0.2, 0.25) is 0 Å². The van der Waals surface area contributed by atoms with Crippen LogP contribution in [-0.2, 0) is 6.54 Å². The summed E-state index contributed by atoms with van der Waals surface area (Å²) in [5, 5.41) is 9.16. The molecule has 0 aliphatic heterocycles. The number of nitrogens with one attached hydrogen (secondary N) is 2. The summed E-state index contributed by atoms with van der Waals surface area (Å²) in [7, 11) is 0. The zero-order valence-electron chi connectivity index (χ0n) is 12.0. The summed E-state index contributed by atoms with van der Waals surface area (Å²) in [6.45, 7) is -0.239. The highest BCUT2D eigenvalue weighted by Crippen LogP contribution is 2.17. The van der Waals surface area contributed by atoms with Crippen LogP contribution >= 0.6 is 0 Å². The first kappa shape index (κ1) is 14.9. The molecule has 3 rings (SSSR count). The summed E-state index contributed by atoms with van der Waals surface area (Å²) in [6.07, 6.45) is 0. The van der Waals surface area contributed by atoms with Gasteiger partial charge in [-0.2, -0.15) is 5.10 Å². The zero-order chi connectivity index (χ0) is 16.2. The molecular weight excluding hydrogens is 300 g/mol. The maximum absolute atomic E-state index is 13.5. The van der Waals surface area contributed by atoms with Crippen LogP contribution in [0.25, 0.3) is 11.3 Å². The van der Waals surface area contributed by atoms with Crippen LogP contribution in [-0.4, -0.2) is 16.1 Å². The summed E-state index contributed by atoms with van der Waals surface area (Å²) >= 11 is 0. The van der Waals surface area contributed by atoms with Gasteiger partial charge in [-0.1, -0.05) is 36.4 Å². The molecule has 6 heteroatoms. The standard InChI is InChI=1S/C17H13F2N3O/c18-13-7-4-8-14(19)12(13)10-20-17(23)16-9-15(21-22-16)11-5-2-1-3-6-11/h1-9H,10H2,(H,20,23)(H,21,22). The predicted octanol–water partition coefficient (Wildman–Crippen LogP) is 3.28. The number of rotatable bonds is 4. The molecule has 0 spiro atoms. The van der Waals surface area contributed by atoms with Gasteiger partial charge in [0.25, 0.3) is 5.91 Å². The molecule has 23 heavy (non-hydrogen) atoms. The van der Waals surface area contributed by atoms with E-state index in [2.05, 4.69) is 15.5 Å². The Balaban J connectivity index is 1.71. The summed E-state index contributed by atoms with van der Waals surface area (Å²) in [5.74, 6) is -1.87. The van der Waals surface area contributed by atoms with E-state index in [0.29, 0.717) is 5.69 Å². The minimum absolute atomic E-state index is 0.177. The minimum Gasteiger partial charge on any atom is -0.346 e. The van der Waals surface area contributed by atoms with E-state index < -0.39 is 17.5 Å². The van der Waals surface area contributed by atoms with Crippen LogP contribution in [0, 0.1) is 11.6 Å². The number of carbonyl (C=O) groups excluding carboxylic acids is 1. The average Bonchev–Trinajstić information content (AvgIpc) is 3.05. The molecule has 0 bridgehead atoms. The van der Waals surface area contributed by atoms with Crippen LogP contribution < -0.4 is 5.32 Å². The number of halogens is 2. The predicted molar refractivity (Wildman–Crippen MR) is 81.6 cm³/mol. The largest absolute Gasteiger partial charge is 0.346 e. The number of benzene rings is 2. The monoisotopic (exact) mass is 313 g/mol. The van der Waals surface area contributed by atoms with Crippen LogP contribution in [0.15, 0.2) is 54.6 Å². The molecule has 0 saturated carbocycles. The number of aromatic nitrogens is 2. The first-order valence-corrected chi connectivity index (χ1v) is 6.97. The van der Waals surface area contributed by atoms with Gasteiger partial charge in [-0.05, 0) is 18.2 Å². The van der Waals surface area contributed by atoms with Gasteiger partial charge in [0.1, 0.15) is 17.3 Å². The lowest BCUT2D eigenvalue weighted by Crippen LogP contribution is -2.24. The second-order valence-electron chi connectivity index (χ2n) is 4.92. The van der Waals surface area contributed by atoms with Crippen LogP contribution in [0.1, 0.15) is 16.1 Å². The van der Waals surface area contributed by atoms with Gasteiger partial charge in [-0.25, -0.2) is 8.78 Å². The highest BCUT2D eigenvalue weighted by Gasteiger charge is 2.13. The lowest BCUT2D eigenvalue weighted by molar-refractivity contribution is 0.0945. The minimum atomic E-state index is -0.695. The van der Waals surface area contributed by atoms with E-state index in [0.717, 1.165) is 17.7 Å². The fourth-order valence-electron chi connectivity index (χ4n) is 2.16. The van der Waals surface area contributed by atoms with E-state index in [1.165, 1.54) is 6.07 Å². The zero-order valence-corrected chi connectivity index (χ0v) is 12.0. The smallest absolute Gasteiger partial charge is 0.269 e. The Morgan fingerprint density at radius 1 is 1.04 bits per heavy atom. The maximum Gasteiger partial charge on any atom is 0.269 e. The number of hydrogen-bond acceptors (Lipinski definition) is 2. The third kappa shape index (κ3) is 3.26. The topological polar surface area (TPSA) is 57.8 Å². The Bertz CT molecular complexity index is 811. The molecule has 1 amide bonds. The third-order valence-electron chi connectivity index (χ3n) is 3.38. The van der Waals surface area contributed by atoms with Crippen molar-refractivity contribution in [2.75, 3.05) is 0 Å². The summed E-state index contributed by atoms with van der Waals surface area (Å²) in [4.78, 5) is 12.1.